The predicted molar refractivity (Wildman–Crippen MR) is 123 cm³/mol. The van der Waals surface area contributed by atoms with Gasteiger partial charge in [-0.1, -0.05) is 48.5 Å². The molecule has 1 aliphatic rings. The Kier molecular flexibility index (Phi) is 6.36. The van der Waals surface area contributed by atoms with Gasteiger partial charge in [0.25, 0.3) is 5.91 Å². The molecule has 0 N–H and O–H groups in total. The zero-order valence-corrected chi connectivity index (χ0v) is 18.5. The fourth-order valence-corrected chi connectivity index (χ4v) is 5.46. The van der Waals surface area contributed by atoms with E-state index >= 15 is 0 Å². The zero-order valence-electron chi connectivity index (χ0n) is 17.7. The van der Waals surface area contributed by atoms with Gasteiger partial charge in [-0.15, -0.1) is 0 Å². The van der Waals surface area contributed by atoms with Crippen molar-refractivity contribution in [3.63, 3.8) is 0 Å². The highest BCUT2D eigenvalue weighted by Crippen LogP contribution is 2.29. The van der Waals surface area contributed by atoms with Gasteiger partial charge in [0.05, 0.1) is 28.6 Å². The summed E-state index contributed by atoms with van der Waals surface area (Å²) >= 11 is 0. The fourth-order valence-electron chi connectivity index (χ4n) is 3.85. The summed E-state index contributed by atoms with van der Waals surface area (Å²) in [4.78, 5) is 27.2. The highest BCUT2D eigenvalue weighted by atomic mass is 32.2. The molecule has 7 nitrogen and oxygen atoms in total. The van der Waals surface area contributed by atoms with Crippen molar-refractivity contribution in [1.82, 2.24) is 4.31 Å². The van der Waals surface area contributed by atoms with E-state index in [2.05, 4.69) is 0 Å². The molecule has 1 unspecified atom stereocenters. The highest BCUT2D eigenvalue weighted by molar-refractivity contribution is 7.89. The second-order valence-electron chi connectivity index (χ2n) is 7.61. The second-order valence-corrected chi connectivity index (χ2v) is 9.50. The van der Waals surface area contributed by atoms with Gasteiger partial charge in [-0.3, -0.25) is 9.59 Å². The van der Waals surface area contributed by atoms with Crippen molar-refractivity contribution in [3.8, 4) is 6.07 Å². The van der Waals surface area contributed by atoms with E-state index in [1.807, 2.05) is 36.4 Å². The summed E-state index contributed by atoms with van der Waals surface area (Å²) in [6.07, 6.45) is 0.140. The van der Waals surface area contributed by atoms with Gasteiger partial charge in [0, 0.05) is 6.54 Å². The Balaban J connectivity index is 1.68. The Morgan fingerprint density at radius 2 is 1.52 bits per heavy atom. The molecule has 1 aliphatic heterocycles. The molecular formula is C25H21N3O4S. The van der Waals surface area contributed by atoms with E-state index in [0.717, 1.165) is 14.8 Å². The number of carbonyl (C=O) groups is 2. The van der Waals surface area contributed by atoms with Crippen LogP contribution in [0.25, 0.3) is 0 Å². The van der Waals surface area contributed by atoms with E-state index in [0.29, 0.717) is 17.7 Å². The van der Waals surface area contributed by atoms with Crippen LogP contribution in [0, 0.1) is 11.3 Å². The van der Waals surface area contributed by atoms with Gasteiger partial charge in [0.1, 0.15) is 6.04 Å². The van der Waals surface area contributed by atoms with Crippen molar-refractivity contribution >= 4 is 27.5 Å². The Bertz CT molecular complexity index is 1300. The lowest BCUT2D eigenvalue weighted by Gasteiger charge is -2.27. The quantitative estimate of drug-likeness (QED) is 0.506. The first kappa shape index (κ1) is 22.4. The third kappa shape index (κ3) is 4.55. The number of rotatable bonds is 7. The van der Waals surface area contributed by atoms with E-state index in [1.54, 1.807) is 18.2 Å². The minimum atomic E-state index is -4.04. The van der Waals surface area contributed by atoms with Crippen molar-refractivity contribution in [2.75, 3.05) is 11.4 Å². The SMILES string of the molecule is N#Cc1ccc(N2C(=O)CC(N(CCc3ccccc3)S(=O)(=O)c3ccccc3)C2=O)cc1. The van der Waals surface area contributed by atoms with Crippen LogP contribution in [0.15, 0.2) is 89.8 Å². The van der Waals surface area contributed by atoms with Crippen LogP contribution in [-0.2, 0) is 26.0 Å². The smallest absolute Gasteiger partial charge is 0.252 e. The summed E-state index contributed by atoms with van der Waals surface area (Å²) in [5, 5.41) is 8.99. The topological polar surface area (TPSA) is 98.5 Å². The predicted octanol–water partition coefficient (Wildman–Crippen LogP) is 3.12. The number of imide groups is 1. The van der Waals surface area contributed by atoms with Crippen LogP contribution in [0.3, 0.4) is 0 Å². The fraction of sp³-hybridized carbons (Fsp3) is 0.160. The molecule has 166 valence electrons. The van der Waals surface area contributed by atoms with Crippen LogP contribution >= 0.6 is 0 Å². The van der Waals surface area contributed by atoms with Crippen LogP contribution in [0.4, 0.5) is 5.69 Å². The van der Waals surface area contributed by atoms with E-state index < -0.39 is 27.9 Å². The number of hydrogen-bond donors (Lipinski definition) is 0. The van der Waals surface area contributed by atoms with E-state index in [1.165, 1.54) is 36.4 Å². The van der Waals surface area contributed by atoms with Crippen molar-refractivity contribution in [1.29, 1.82) is 5.26 Å². The molecule has 0 bridgehead atoms. The summed E-state index contributed by atoms with van der Waals surface area (Å²) in [5.41, 5.74) is 1.63. The molecule has 2 amide bonds. The molecule has 1 heterocycles. The molecule has 3 aromatic carbocycles. The average molecular weight is 460 g/mol. The molecule has 0 aliphatic carbocycles. The van der Waals surface area contributed by atoms with Gasteiger partial charge in [-0.2, -0.15) is 9.57 Å². The molecule has 0 saturated carbocycles. The average Bonchev–Trinajstić information content (AvgIpc) is 3.13. The van der Waals surface area contributed by atoms with Crippen LogP contribution in [0.1, 0.15) is 17.5 Å². The largest absolute Gasteiger partial charge is 0.274 e. The summed E-state index contributed by atoms with van der Waals surface area (Å²) < 4.78 is 28.2. The van der Waals surface area contributed by atoms with E-state index in [9.17, 15) is 18.0 Å². The summed E-state index contributed by atoms with van der Waals surface area (Å²) in [7, 11) is -4.04. The first-order valence-electron chi connectivity index (χ1n) is 10.4. The van der Waals surface area contributed by atoms with Gasteiger partial charge in [-0.25, -0.2) is 13.3 Å². The first-order chi connectivity index (χ1) is 15.9. The van der Waals surface area contributed by atoms with Gasteiger partial charge in [0.15, 0.2) is 0 Å². The second kappa shape index (κ2) is 9.36. The zero-order chi connectivity index (χ0) is 23.4. The van der Waals surface area contributed by atoms with Crippen molar-refractivity contribution in [2.24, 2.45) is 0 Å². The molecule has 0 spiro atoms. The number of benzene rings is 3. The van der Waals surface area contributed by atoms with Crippen LogP contribution in [-0.4, -0.2) is 37.1 Å². The third-order valence-corrected chi connectivity index (χ3v) is 7.46. The minimum absolute atomic E-state index is 0.0478. The van der Waals surface area contributed by atoms with Crippen LogP contribution < -0.4 is 4.90 Å². The maximum atomic E-state index is 13.5. The third-order valence-electron chi connectivity index (χ3n) is 5.54. The van der Waals surface area contributed by atoms with E-state index in [4.69, 9.17) is 5.26 Å². The standard InChI is InChI=1S/C25H21N3O4S/c26-18-20-11-13-21(14-12-20)28-24(29)17-23(25(28)30)27(16-15-19-7-3-1-4-8-19)33(31,32)22-9-5-2-6-10-22/h1-14,23H,15-17H2. The maximum Gasteiger partial charge on any atom is 0.252 e. The number of nitrogens with zero attached hydrogens (tertiary/aromatic N) is 3. The molecular weight excluding hydrogens is 438 g/mol. The molecule has 1 fully saturated rings. The molecule has 33 heavy (non-hydrogen) atoms. The van der Waals surface area contributed by atoms with Crippen molar-refractivity contribution in [3.05, 3.63) is 96.1 Å². The summed E-state index contributed by atoms with van der Waals surface area (Å²) in [6, 6.07) is 24.2. The van der Waals surface area contributed by atoms with Crippen molar-refractivity contribution in [2.45, 2.75) is 23.8 Å². The first-order valence-corrected chi connectivity index (χ1v) is 11.8. The molecule has 3 aromatic rings. The number of nitriles is 1. The Labute approximate surface area is 192 Å². The normalized spacial score (nSPS) is 16.2. The minimum Gasteiger partial charge on any atom is -0.274 e. The molecule has 1 saturated heterocycles. The van der Waals surface area contributed by atoms with Gasteiger partial charge < -0.3 is 0 Å². The number of anilines is 1. The van der Waals surface area contributed by atoms with Gasteiger partial charge in [-0.05, 0) is 48.4 Å². The molecule has 8 heteroatoms. The lowest BCUT2D eigenvalue weighted by Crippen LogP contribution is -2.46. The maximum absolute atomic E-state index is 13.5. The molecule has 0 radical (unpaired) electrons. The Hall–Kier alpha value is -3.80. The highest BCUT2D eigenvalue weighted by Gasteiger charge is 2.46. The molecule has 1 atom stereocenters. The summed E-state index contributed by atoms with van der Waals surface area (Å²) in [6.45, 7) is 0.0478. The van der Waals surface area contributed by atoms with Gasteiger partial charge in [0.2, 0.25) is 15.9 Å². The molecule has 4 rings (SSSR count). The van der Waals surface area contributed by atoms with Crippen molar-refractivity contribution < 1.29 is 18.0 Å². The van der Waals surface area contributed by atoms with E-state index in [-0.39, 0.29) is 17.9 Å². The Morgan fingerprint density at radius 1 is 0.909 bits per heavy atom. The lowest BCUT2D eigenvalue weighted by atomic mass is 10.1. The molecule has 0 aromatic heterocycles. The van der Waals surface area contributed by atoms with Crippen LogP contribution in [0.5, 0.6) is 0 Å². The lowest BCUT2D eigenvalue weighted by molar-refractivity contribution is -0.122. The monoisotopic (exact) mass is 459 g/mol. The number of amides is 2. The number of carbonyl (C=O) groups excluding carboxylic acids is 2. The van der Waals surface area contributed by atoms with Gasteiger partial charge >= 0.3 is 0 Å². The van der Waals surface area contributed by atoms with Crippen LogP contribution in [0.2, 0.25) is 0 Å². The Morgan fingerprint density at radius 3 is 2.12 bits per heavy atom. The summed E-state index contributed by atoms with van der Waals surface area (Å²) in [5.74, 6) is -1.08. The number of hydrogen-bond acceptors (Lipinski definition) is 5. The number of sulfonamides is 1.